The summed E-state index contributed by atoms with van der Waals surface area (Å²) in [5, 5.41) is 3.88. The summed E-state index contributed by atoms with van der Waals surface area (Å²) in [5.41, 5.74) is 0.756. The maximum Gasteiger partial charge on any atom is 0.147 e. The normalized spacial score (nSPS) is 18.6. The second-order valence-electron chi connectivity index (χ2n) is 2.30. The lowest BCUT2D eigenvalue weighted by atomic mass is 10.2. The fraction of sp³-hybridized carbons (Fsp3) is 0.571. The minimum Gasteiger partial charge on any atom is -0.316 e. The van der Waals surface area contributed by atoms with Crippen molar-refractivity contribution in [3.8, 4) is 0 Å². The molecule has 1 aliphatic rings. The molecule has 0 radical (unpaired) electrons. The highest BCUT2D eigenvalue weighted by Gasteiger charge is 2.06. The van der Waals surface area contributed by atoms with E-state index in [2.05, 4.69) is 5.32 Å². The Morgan fingerprint density at radius 1 is 1.36 bits per heavy atom. The number of carbonyl (C=O) groups excluding carboxylic acids is 1. The monoisotopic (exact) mass is 239 g/mol. The lowest BCUT2D eigenvalue weighted by Crippen LogP contribution is -2.14. The molecule has 0 bridgehead atoms. The maximum absolute atomic E-state index is 10.4. The molecule has 1 aliphatic heterocycles. The third-order valence-corrected chi connectivity index (χ3v) is 2.01. The Hall–Kier alpha value is 0.140. The van der Waals surface area contributed by atoms with Crippen LogP contribution in [-0.2, 0) is 4.79 Å². The van der Waals surface area contributed by atoms with E-state index in [1.54, 1.807) is 0 Å². The molecular weight excluding hydrogens is 229 g/mol. The summed E-state index contributed by atoms with van der Waals surface area (Å²) in [6.45, 7) is 1.75. The Morgan fingerprint density at radius 2 is 2.00 bits per heavy atom. The van der Waals surface area contributed by atoms with Crippen molar-refractivity contribution in [2.75, 3.05) is 13.1 Å². The van der Waals surface area contributed by atoms with Gasteiger partial charge in [0.15, 0.2) is 0 Å². The summed E-state index contributed by atoms with van der Waals surface area (Å²) >= 11 is 5.80. The molecule has 4 heteroatoms. The zero-order valence-electron chi connectivity index (χ0n) is 6.10. The third-order valence-electron chi connectivity index (χ3n) is 1.58. The minimum atomic E-state index is 0. The van der Waals surface area contributed by atoms with Gasteiger partial charge in [-0.2, -0.15) is 0 Å². The highest BCUT2D eigenvalue weighted by molar-refractivity contribution is 8.93. The molecule has 0 spiro atoms. The Morgan fingerprint density at radius 3 is 2.64 bits per heavy atom. The molecule has 0 atom stereocenters. The van der Waals surface area contributed by atoms with Crippen molar-refractivity contribution in [3.63, 3.8) is 0 Å². The molecule has 0 aromatic rings. The minimum absolute atomic E-state index is 0. The van der Waals surface area contributed by atoms with Crippen LogP contribution in [0.4, 0.5) is 0 Å². The molecule has 64 valence electrons. The van der Waals surface area contributed by atoms with Crippen LogP contribution in [0.3, 0.4) is 0 Å². The van der Waals surface area contributed by atoms with Gasteiger partial charge in [0.25, 0.3) is 0 Å². The molecule has 0 amide bonds. The summed E-state index contributed by atoms with van der Waals surface area (Å²) in [4.78, 5) is 10.4. The van der Waals surface area contributed by atoms with Crippen molar-refractivity contribution < 1.29 is 4.79 Å². The number of carbonyl (C=O) groups is 1. The molecule has 0 fully saturated rings. The van der Waals surface area contributed by atoms with E-state index in [-0.39, 0.29) is 17.0 Å². The zero-order chi connectivity index (χ0) is 7.40. The molecular formula is C7H11BrClNO. The molecule has 11 heavy (non-hydrogen) atoms. The standard InChI is InChI=1S/C7H10ClNO.BrH/c8-7-2-4-9-3-1-6(7)5-10;/h5,9H,1-4H2;1H. The van der Waals surface area contributed by atoms with Crippen molar-refractivity contribution in [1.29, 1.82) is 0 Å². The molecule has 0 saturated heterocycles. The summed E-state index contributed by atoms with van der Waals surface area (Å²) < 4.78 is 0. The van der Waals surface area contributed by atoms with Gasteiger partial charge < -0.3 is 5.32 Å². The first-order valence-electron chi connectivity index (χ1n) is 3.38. The van der Waals surface area contributed by atoms with E-state index in [9.17, 15) is 4.79 Å². The molecule has 1 heterocycles. The van der Waals surface area contributed by atoms with Crippen molar-refractivity contribution in [2.45, 2.75) is 12.8 Å². The van der Waals surface area contributed by atoms with Crippen LogP contribution < -0.4 is 5.32 Å². The van der Waals surface area contributed by atoms with Crippen molar-refractivity contribution in [1.82, 2.24) is 5.32 Å². The first kappa shape index (κ1) is 11.1. The largest absolute Gasteiger partial charge is 0.316 e. The first-order chi connectivity index (χ1) is 4.84. The van der Waals surface area contributed by atoms with E-state index in [1.807, 2.05) is 0 Å². The van der Waals surface area contributed by atoms with Crippen LogP contribution in [0.25, 0.3) is 0 Å². The average Bonchev–Trinajstić information content (AvgIpc) is 2.13. The molecule has 0 unspecified atom stereocenters. The van der Waals surface area contributed by atoms with Gasteiger partial charge in [0.2, 0.25) is 0 Å². The van der Waals surface area contributed by atoms with Crippen LogP contribution in [-0.4, -0.2) is 19.4 Å². The number of halogens is 2. The van der Waals surface area contributed by atoms with Crippen molar-refractivity contribution in [3.05, 3.63) is 10.6 Å². The fourth-order valence-electron chi connectivity index (χ4n) is 0.965. The smallest absolute Gasteiger partial charge is 0.147 e. The van der Waals surface area contributed by atoms with Crippen LogP contribution in [0.15, 0.2) is 10.6 Å². The predicted molar refractivity (Wildman–Crippen MR) is 51.4 cm³/mol. The predicted octanol–water partition coefficient (Wildman–Crippen LogP) is 1.64. The molecule has 0 aromatic carbocycles. The second-order valence-corrected chi connectivity index (χ2v) is 2.75. The van der Waals surface area contributed by atoms with E-state index in [1.165, 1.54) is 0 Å². The molecule has 0 aromatic heterocycles. The van der Waals surface area contributed by atoms with Crippen LogP contribution >= 0.6 is 28.6 Å². The summed E-state index contributed by atoms with van der Waals surface area (Å²) in [6.07, 6.45) is 2.41. The molecule has 1 rings (SSSR count). The second kappa shape index (κ2) is 5.75. The number of hydrogen-bond acceptors (Lipinski definition) is 2. The molecule has 2 nitrogen and oxygen atoms in total. The molecule has 1 N–H and O–H groups in total. The zero-order valence-corrected chi connectivity index (χ0v) is 8.57. The van der Waals surface area contributed by atoms with Crippen LogP contribution in [0.1, 0.15) is 12.8 Å². The van der Waals surface area contributed by atoms with Gasteiger partial charge in [-0.15, -0.1) is 17.0 Å². The van der Waals surface area contributed by atoms with Crippen LogP contribution in [0.5, 0.6) is 0 Å². The highest BCUT2D eigenvalue weighted by Crippen LogP contribution is 2.16. The molecule has 0 saturated carbocycles. The molecule has 0 aliphatic carbocycles. The number of hydrogen-bond donors (Lipinski definition) is 1. The first-order valence-corrected chi connectivity index (χ1v) is 3.76. The quantitative estimate of drug-likeness (QED) is 0.706. The summed E-state index contributed by atoms with van der Waals surface area (Å²) in [7, 11) is 0. The number of aldehydes is 1. The van der Waals surface area contributed by atoms with E-state index in [0.29, 0.717) is 0 Å². The van der Waals surface area contributed by atoms with E-state index < -0.39 is 0 Å². The summed E-state index contributed by atoms with van der Waals surface area (Å²) in [6, 6.07) is 0. The van der Waals surface area contributed by atoms with Gasteiger partial charge in [0, 0.05) is 17.2 Å². The van der Waals surface area contributed by atoms with Crippen LogP contribution in [0, 0.1) is 0 Å². The van der Waals surface area contributed by atoms with Gasteiger partial charge in [-0.3, -0.25) is 4.79 Å². The van der Waals surface area contributed by atoms with E-state index in [0.717, 1.165) is 42.8 Å². The van der Waals surface area contributed by atoms with Gasteiger partial charge in [0.1, 0.15) is 6.29 Å². The Balaban J connectivity index is 0.000001000. The Kier molecular flexibility index (Phi) is 5.82. The van der Waals surface area contributed by atoms with Gasteiger partial charge in [-0.05, 0) is 19.4 Å². The van der Waals surface area contributed by atoms with Gasteiger partial charge >= 0.3 is 0 Å². The maximum atomic E-state index is 10.4. The lowest BCUT2D eigenvalue weighted by molar-refractivity contribution is -0.105. The number of rotatable bonds is 1. The number of nitrogens with one attached hydrogen (secondary N) is 1. The van der Waals surface area contributed by atoms with Gasteiger partial charge in [-0.1, -0.05) is 11.6 Å². The lowest BCUT2D eigenvalue weighted by Gasteiger charge is -1.94. The highest BCUT2D eigenvalue weighted by atomic mass is 79.9. The third kappa shape index (κ3) is 3.36. The Bertz CT molecular complexity index is 170. The topological polar surface area (TPSA) is 29.1 Å². The fourth-order valence-corrected chi connectivity index (χ4v) is 1.20. The van der Waals surface area contributed by atoms with E-state index >= 15 is 0 Å². The SMILES string of the molecule is Br.O=CC1=C(Cl)CCNCC1. The average molecular weight is 241 g/mol. The summed E-state index contributed by atoms with van der Waals surface area (Å²) in [5.74, 6) is 0. The van der Waals surface area contributed by atoms with Crippen molar-refractivity contribution in [2.24, 2.45) is 0 Å². The van der Waals surface area contributed by atoms with E-state index in [4.69, 9.17) is 11.6 Å². The van der Waals surface area contributed by atoms with Gasteiger partial charge in [0.05, 0.1) is 0 Å². The van der Waals surface area contributed by atoms with Crippen LogP contribution in [0.2, 0.25) is 0 Å². The van der Waals surface area contributed by atoms with Crippen molar-refractivity contribution >= 4 is 34.9 Å². The van der Waals surface area contributed by atoms with Gasteiger partial charge in [-0.25, -0.2) is 0 Å². The Labute approximate surface area is 81.8 Å².